The Balaban J connectivity index is 1.08. The number of anilines is 3. The Morgan fingerprint density at radius 3 is 1.60 bits per heavy atom. The summed E-state index contributed by atoms with van der Waals surface area (Å²) in [5, 5.41) is 0. The third-order valence-corrected chi connectivity index (χ3v) is 17.6. The van der Waals surface area contributed by atoms with Crippen LogP contribution in [-0.4, -0.2) is 0 Å². The van der Waals surface area contributed by atoms with E-state index in [0.29, 0.717) is 11.8 Å². The van der Waals surface area contributed by atoms with Crippen LogP contribution in [0.4, 0.5) is 17.1 Å². The highest BCUT2D eigenvalue weighted by molar-refractivity contribution is 5.90. The maximum Gasteiger partial charge on any atom is 0.0714 e. The molecule has 0 aromatic heterocycles. The van der Waals surface area contributed by atoms with Gasteiger partial charge in [-0.15, -0.1) is 0 Å². The number of fused-ring (bicyclic) bond motifs is 7. The first-order valence-electron chi connectivity index (χ1n) is 23.7. The largest absolute Gasteiger partial charge is 0.310 e. The van der Waals surface area contributed by atoms with Gasteiger partial charge in [0.25, 0.3) is 0 Å². The lowest BCUT2D eigenvalue weighted by Gasteiger charge is -2.61. The second kappa shape index (κ2) is 12.9. The minimum atomic E-state index is -0.475. The fourth-order valence-corrected chi connectivity index (χ4v) is 15.2. The van der Waals surface area contributed by atoms with E-state index in [4.69, 9.17) is 0 Å². The molecule has 0 saturated heterocycles. The standard InChI is InChI=1S/C61H57N/c1-58(2)30-31-59(3,4)57-54(58)26-15-27-56(57)62(46-28-29-50-49-22-10-13-25-53(49)61(55(50)38-46)43-33-39-32-40(35-43)36-44(61)34-39)45-19-14-18-42(37-45)60(41-16-6-5-7-17-41)51-23-11-8-20-47(51)48-21-9-12-24-52(48)60/h5-29,37-40,43-44H,30-36H2,1-4H3. The predicted molar refractivity (Wildman–Crippen MR) is 257 cm³/mol. The molecule has 0 aliphatic heterocycles. The Morgan fingerprint density at radius 1 is 0.403 bits per heavy atom. The molecule has 0 amide bonds. The quantitative estimate of drug-likeness (QED) is 0.168. The molecule has 0 heterocycles. The average molecular weight is 804 g/mol. The van der Waals surface area contributed by atoms with Crippen LogP contribution in [-0.2, 0) is 21.7 Å². The smallest absolute Gasteiger partial charge is 0.0714 e. The van der Waals surface area contributed by atoms with Gasteiger partial charge in [0.2, 0.25) is 0 Å². The van der Waals surface area contributed by atoms with Gasteiger partial charge in [-0.05, 0) is 177 Å². The normalized spacial score (nSPS) is 25.7. The molecule has 7 aromatic carbocycles. The van der Waals surface area contributed by atoms with E-state index < -0.39 is 5.41 Å². The van der Waals surface area contributed by atoms with E-state index in [2.05, 4.69) is 196 Å². The fourth-order valence-electron chi connectivity index (χ4n) is 15.2. The van der Waals surface area contributed by atoms with Crippen LogP contribution in [0.1, 0.15) is 117 Å². The van der Waals surface area contributed by atoms with Gasteiger partial charge in [0, 0.05) is 16.8 Å². The van der Waals surface area contributed by atoms with Crippen LogP contribution >= 0.6 is 0 Å². The molecule has 4 bridgehead atoms. The zero-order valence-electron chi connectivity index (χ0n) is 36.8. The summed E-state index contributed by atoms with van der Waals surface area (Å²) in [5.41, 5.74) is 20.7. The van der Waals surface area contributed by atoms with Gasteiger partial charge in [0.05, 0.1) is 11.1 Å². The highest BCUT2D eigenvalue weighted by Crippen LogP contribution is 2.70. The van der Waals surface area contributed by atoms with Crippen molar-refractivity contribution in [1.29, 1.82) is 0 Å². The molecular formula is C61H57N. The molecule has 0 unspecified atom stereocenters. The van der Waals surface area contributed by atoms with E-state index in [1.165, 1.54) is 111 Å². The van der Waals surface area contributed by atoms with Crippen molar-refractivity contribution in [3.8, 4) is 22.3 Å². The van der Waals surface area contributed by atoms with Gasteiger partial charge in [-0.1, -0.05) is 161 Å². The van der Waals surface area contributed by atoms with Crippen molar-refractivity contribution in [2.24, 2.45) is 23.7 Å². The molecule has 14 rings (SSSR count). The van der Waals surface area contributed by atoms with E-state index in [-0.39, 0.29) is 16.2 Å². The van der Waals surface area contributed by atoms with E-state index in [1.54, 1.807) is 11.1 Å². The van der Waals surface area contributed by atoms with Crippen LogP contribution in [0, 0.1) is 23.7 Å². The summed E-state index contributed by atoms with van der Waals surface area (Å²) in [6.45, 7) is 9.94. The van der Waals surface area contributed by atoms with Crippen molar-refractivity contribution >= 4 is 17.1 Å². The molecule has 0 radical (unpaired) electrons. The number of hydrogen-bond acceptors (Lipinski definition) is 1. The Labute approximate surface area is 368 Å². The fraction of sp³-hybridized carbons (Fsp3) is 0.311. The van der Waals surface area contributed by atoms with Gasteiger partial charge < -0.3 is 4.90 Å². The van der Waals surface area contributed by atoms with Gasteiger partial charge in [-0.2, -0.15) is 0 Å². The molecule has 1 spiro atoms. The van der Waals surface area contributed by atoms with E-state index in [9.17, 15) is 0 Å². The molecule has 1 nitrogen and oxygen atoms in total. The van der Waals surface area contributed by atoms with Crippen molar-refractivity contribution in [2.75, 3.05) is 4.90 Å². The highest BCUT2D eigenvalue weighted by atomic mass is 15.1. The molecule has 4 saturated carbocycles. The maximum atomic E-state index is 2.71. The molecule has 306 valence electrons. The Bertz CT molecular complexity index is 2870. The Morgan fingerprint density at radius 2 is 0.919 bits per heavy atom. The second-order valence-corrected chi connectivity index (χ2v) is 21.5. The first-order chi connectivity index (χ1) is 30.2. The summed E-state index contributed by atoms with van der Waals surface area (Å²) in [7, 11) is 0. The van der Waals surface area contributed by atoms with Crippen LogP contribution in [0.3, 0.4) is 0 Å². The summed E-state index contributed by atoms with van der Waals surface area (Å²) < 4.78 is 0. The number of nitrogens with zero attached hydrogens (tertiary/aromatic N) is 1. The Hall–Kier alpha value is -5.66. The molecule has 7 aliphatic carbocycles. The average Bonchev–Trinajstić information content (AvgIpc) is 3.76. The van der Waals surface area contributed by atoms with Crippen LogP contribution in [0.15, 0.2) is 164 Å². The second-order valence-electron chi connectivity index (χ2n) is 21.5. The third kappa shape index (κ3) is 4.81. The van der Waals surface area contributed by atoms with Gasteiger partial charge >= 0.3 is 0 Å². The number of hydrogen-bond donors (Lipinski definition) is 0. The molecular weight excluding hydrogens is 747 g/mol. The SMILES string of the molecule is CC1(C)CCC(C)(C)c2c(N(c3cccc(C4(c5ccccc5)c5ccccc5-c5ccccc54)c3)c3ccc4c(c3)C3(c5ccccc5-4)C4CC5CC(C4)CC3C5)cccc21. The molecule has 1 heteroatoms. The number of rotatable bonds is 5. The van der Waals surface area contributed by atoms with Crippen molar-refractivity contribution in [3.63, 3.8) is 0 Å². The molecule has 7 aliphatic rings. The zero-order chi connectivity index (χ0) is 41.6. The van der Waals surface area contributed by atoms with E-state index >= 15 is 0 Å². The molecule has 0 N–H and O–H groups in total. The van der Waals surface area contributed by atoms with Crippen molar-refractivity contribution < 1.29 is 0 Å². The van der Waals surface area contributed by atoms with Crippen LogP contribution in [0.5, 0.6) is 0 Å². The Kier molecular flexibility index (Phi) is 7.72. The molecule has 62 heavy (non-hydrogen) atoms. The van der Waals surface area contributed by atoms with Crippen molar-refractivity contribution in [2.45, 2.75) is 94.3 Å². The molecule has 4 fully saturated rings. The first kappa shape index (κ1) is 36.9. The summed E-state index contributed by atoms with van der Waals surface area (Å²) in [5.74, 6) is 3.24. The van der Waals surface area contributed by atoms with E-state index in [1.807, 2.05) is 0 Å². The lowest BCUT2D eigenvalue weighted by molar-refractivity contribution is -0.0399. The lowest BCUT2D eigenvalue weighted by atomic mass is 9.43. The van der Waals surface area contributed by atoms with E-state index in [0.717, 1.165) is 18.3 Å². The molecule has 0 atom stereocenters. The van der Waals surface area contributed by atoms with Gasteiger partial charge in [0.15, 0.2) is 0 Å². The summed E-state index contributed by atoms with van der Waals surface area (Å²) in [6.07, 6.45) is 9.36. The number of benzene rings is 7. The van der Waals surface area contributed by atoms with Gasteiger partial charge in [-0.3, -0.25) is 0 Å². The summed E-state index contributed by atoms with van der Waals surface area (Å²) >= 11 is 0. The lowest BCUT2D eigenvalue weighted by Crippen LogP contribution is -2.55. The zero-order valence-corrected chi connectivity index (χ0v) is 36.8. The minimum Gasteiger partial charge on any atom is -0.310 e. The highest BCUT2D eigenvalue weighted by Gasteiger charge is 2.61. The van der Waals surface area contributed by atoms with Crippen LogP contribution in [0.2, 0.25) is 0 Å². The van der Waals surface area contributed by atoms with Crippen molar-refractivity contribution in [1.82, 2.24) is 0 Å². The first-order valence-corrected chi connectivity index (χ1v) is 23.7. The van der Waals surface area contributed by atoms with Crippen LogP contribution < -0.4 is 4.90 Å². The predicted octanol–water partition coefficient (Wildman–Crippen LogP) is 15.6. The van der Waals surface area contributed by atoms with Gasteiger partial charge in [-0.25, -0.2) is 0 Å². The van der Waals surface area contributed by atoms with Gasteiger partial charge in [0.1, 0.15) is 0 Å². The third-order valence-electron chi connectivity index (χ3n) is 17.6. The van der Waals surface area contributed by atoms with Crippen molar-refractivity contribution in [3.05, 3.63) is 208 Å². The molecule has 7 aromatic rings. The topological polar surface area (TPSA) is 3.24 Å². The monoisotopic (exact) mass is 803 g/mol. The minimum absolute atomic E-state index is 0.0154. The van der Waals surface area contributed by atoms with Crippen LogP contribution in [0.25, 0.3) is 22.3 Å². The maximum absolute atomic E-state index is 2.71. The summed E-state index contributed by atoms with van der Waals surface area (Å²) in [6, 6.07) is 63.9. The summed E-state index contributed by atoms with van der Waals surface area (Å²) in [4.78, 5) is 2.70.